The maximum Gasteiger partial charge on any atom is 0.410 e. The molecular formula is C27H36N6O5. The molecule has 4 N–H and O–H groups in total. The van der Waals surface area contributed by atoms with E-state index in [4.69, 9.17) is 25.7 Å². The first-order valence-electron chi connectivity index (χ1n) is 12.5. The van der Waals surface area contributed by atoms with Crippen molar-refractivity contribution in [1.82, 2.24) is 19.9 Å². The summed E-state index contributed by atoms with van der Waals surface area (Å²) in [7, 11) is 1.61. The Morgan fingerprint density at radius 2 is 1.68 bits per heavy atom. The molecule has 2 aromatic heterocycles. The number of methoxy groups -OCH3 is 1. The number of piperidine rings is 1. The van der Waals surface area contributed by atoms with Crippen LogP contribution in [0.5, 0.6) is 5.75 Å². The van der Waals surface area contributed by atoms with Crippen molar-refractivity contribution in [2.75, 3.05) is 39.1 Å². The molecule has 1 saturated heterocycles. The first kappa shape index (κ1) is 28.6. The number of pyridine rings is 1. The number of hydrogen-bond acceptors (Lipinski definition) is 9. The maximum atomic E-state index is 11.8. The second-order valence-electron chi connectivity index (χ2n) is 9.77. The number of anilines is 1. The van der Waals surface area contributed by atoms with E-state index in [0.29, 0.717) is 35.7 Å². The minimum Gasteiger partial charge on any atom is -0.491 e. The van der Waals surface area contributed by atoms with E-state index >= 15 is 0 Å². The summed E-state index contributed by atoms with van der Waals surface area (Å²) in [5.74, 6) is 0.291. The SMILES string of the molecule is CC(C)(C)OC(=O)N1CCCCC1.COCCOc1ccc(-c2cc(C(N)=O)c3ncnc(N)c3n2)cc1. The summed E-state index contributed by atoms with van der Waals surface area (Å²) in [6, 6.07) is 8.89. The van der Waals surface area contributed by atoms with E-state index in [1.807, 2.05) is 45.0 Å². The molecule has 1 fully saturated rings. The van der Waals surface area contributed by atoms with E-state index in [1.54, 1.807) is 18.1 Å². The van der Waals surface area contributed by atoms with Crippen LogP contribution in [0.15, 0.2) is 36.7 Å². The molecule has 204 valence electrons. The van der Waals surface area contributed by atoms with E-state index in [2.05, 4.69) is 15.0 Å². The molecule has 2 amide bonds. The molecule has 3 heterocycles. The Bertz CT molecular complexity index is 1240. The van der Waals surface area contributed by atoms with E-state index in [1.165, 1.54) is 12.7 Å². The quantitative estimate of drug-likeness (QED) is 0.458. The molecule has 11 nitrogen and oxygen atoms in total. The topological polar surface area (TPSA) is 156 Å². The molecular weight excluding hydrogens is 488 g/mol. The third kappa shape index (κ3) is 8.01. The van der Waals surface area contributed by atoms with Crippen molar-refractivity contribution in [2.45, 2.75) is 45.6 Å². The fraction of sp³-hybridized carbons (Fsp3) is 0.444. The van der Waals surface area contributed by atoms with Gasteiger partial charge in [-0.15, -0.1) is 0 Å². The number of carbonyl (C=O) groups excluding carboxylic acids is 2. The fourth-order valence-electron chi connectivity index (χ4n) is 3.76. The van der Waals surface area contributed by atoms with Crippen LogP contribution in [0, 0.1) is 0 Å². The highest BCUT2D eigenvalue weighted by Gasteiger charge is 2.23. The molecule has 1 aromatic carbocycles. The van der Waals surface area contributed by atoms with Gasteiger partial charge in [0.1, 0.15) is 35.3 Å². The van der Waals surface area contributed by atoms with Crippen LogP contribution in [-0.2, 0) is 9.47 Å². The first-order chi connectivity index (χ1) is 18.1. The Labute approximate surface area is 222 Å². The minimum atomic E-state index is -0.605. The summed E-state index contributed by atoms with van der Waals surface area (Å²) < 4.78 is 15.7. The van der Waals surface area contributed by atoms with Gasteiger partial charge in [0.05, 0.1) is 17.9 Å². The lowest BCUT2D eigenvalue weighted by Gasteiger charge is -2.29. The monoisotopic (exact) mass is 524 g/mol. The third-order valence-electron chi connectivity index (χ3n) is 5.60. The van der Waals surface area contributed by atoms with Gasteiger partial charge in [-0.25, -0.2) is 19.7 Å². The number of hydrogen-bond donors (Lipinski definition) is 2. The van der Waals surface area contributed by atoms with E-state index in [9.17, 15) is 9.59 Å². The fourth-order valence-corrected chi connectivity index (χ4v) is 3.76. The average molecular weight is 525 g/mol. The van der Waals surface area contributed by atoms with E-state index < -0.39 is 5.91 Å². The summed E-state index contributed by atoms with van der Waals surface area (Å²) in [5, 5.41) is 0. The molecule has 0 unspecified atom stereocenters. The second kappa shape index (κ2) is 13.0. The van der Waals surface area contributed by atoms with Gasteiger partial charge in [0.15, 0.2) is 5.82 Å². The van der Waals surface area contributed by atoms with Crippen LogP contribution in [0.2, 0.25) is 0 Å². The van der Waals surface area contributed by atoms with Crippen LogP contribution >= 0.6 is 0 Å². The zero-order chi connectivity index (χ0) is 27.7. The van der Waals surface area contributed by atoms with Crippen molar-refractivity contribution in [3.63, 3.8) is 0 Å². The molecule has 0 atom stereocenters. The standard InChI is InChI=1S/C17H17N5O3.C10H19NO2/c1-24-6-7-25-11-4-2-10(3-5-11)13-8-12(17(19)23)14-15(22-13)16(18)21-9-20-14;1-10(2,3)13-9(12)11-7-5-4-6-8-11/h2-5,8-9H,6-7H2,1H3,(H2,19,23)(H2,18,20,21);4-8H2,1-3H3. The number of primary amides is 1. The highest BCUT2D eigenvalue weighted by Crippen LogP contribution is 2.27. The van der Waals surface area contributed by atoms with Gasteiger partial charge in [-0.2, -0.15) is 0 Å². The number of amides is 2. The number of carbonyl (C=O) groups is 2. The largest absolute Gasteiger partial charge is 0.491 e. The molecule has 1 aliphatic rings. The molecule has 0 spiro atoms. The lowest BCUT2D eigenvalue weighted by molar-refractivity contribution is 0.0216. The van der Waals surface area contributed by atoms with Gasteiger partial charge >= 0.3 is 6.09 Å². The predicted octanol–water partition coefficient (Wildman–Crippen LogP) is 3.81. The molecule has 1 aliphatic heterocycles. The van der Waals surface area contributed by atoms with Crippen LogP contribution in [0.3, 0.4) is 0 Å². The highest BCUT2D eigenvalue weighted by molar-refractivity contribution is 6.06. The maximum absolute atomic E-state index is 11.8. The number of likely N-dealkylation sites (tertiary alicyclic amines) is 1. The van der Waals surface area contributed by atoms with Crippen LogP contribution in [0.4, 0.5) is 10.6 Å². The van der Waals surface area contributed by atoms with Gasteiger partial charge in [0.2, 0.25) is 0 Å². The summed E-state index contributed by atoms with van der Waals surface area (Å²) >= 11 is 0. The first-order valence-corrected chi connectivity index (χ1v) is 12.5. The molecule has 3 aromatic rings. The van der Waals surface area contributed by atoms with Gasteiger partial charge < -0.3 is 30.6 Å². The molecule has 4 rings (SSSR count). The number of nitrogen functional groups attached to an aromatic ring is 1. The number of ether oxygens (including phenoxy) is 3. The van der Waals surface area contributed by atoms with E-state index in [0.717, 1.165) is 31.5 Å². The minimum absolute atomic E-state index is 0.160. The molecule has 0 aliphatic carbocycles. The Morgan fingerprint density at radius 3 is 2.29 bits per heavy atom. The van der Waals surface area contributed by atoms with Gasteiger partial charge in [-0.1, -0.05) is 0 Å². The van der Waals surface area contributed by atoms with Crippen molar-refractivity contribution >= 4 is 28.9 Å². The van der Waals surface area contributed by atoms with Gasteiger partial charge in [0.25, 0.3) is 5.91 Å². The summed E-state index contributed by atoms with van der Waals surface area (Å²) in [4.78, 5) is 37.6. The van der Waals surface area contributed by atoms with Crippen molar-refractivity contribution < 1.29 is 23.8 Å². The predicted molar refractivity (Wildman–Crippen MR) is 145 cm³/mol. The lowest BCUT2D eigenvalue weighted by atomic mass is 10.1. The third-order valence-corrected chi connectivity index (χ3v) is 5.60. The van der Waals surface area contributed by atoms with Crippen molar-refractivity contribution in [3.05, 3.63) is 42.2 Å². The summed E-state index contributed by atoms with van der Waals surface area (Å²) in [5.41, 5.74) is 13.2. The summed E-state index contributed by atoms with van der Waals surface area (Å²) in [6.45, 7) is 8.38. The molecule has 0 bridgehead atoms. The van der Waals surface area contributed by atoms with Gasteiger partial charge in [0, 0.05) is 25.8 Å². The van der Waals surface area contributed by atoms with Crippen LogP contribution in [-0.4, -0.2) is 70.9 Å². The smallest absolute Gasteiger partial charge is 0.410 e. The van der Waals surface area contributed by atoms with E-state index in [-0.39, 0.29) is 23.1 Å². The Kier molecular flexibility index (Phi) is 9.78. The van der Waals surface area contributed by atoms with Crippen LogP contribution in [0.25, 0.3) is 22.3 Å². The molecule has 0 radical (unpaired) electrons. The van der Waals surface area contributed by atoms with Crippen molar-refractivity contribution in [1.29, 1.82) is 0 Å². The summed E-state index contributed by atoms with van der Waals surface area (Å²) in [6.07, 6.45) is 4.57. The Hall–Kier alpha value is -3.99. The van der Waals surface area contributed by atoms with Gasteiger partial charge in [-0.3, -0.25) is 4.79 Å². The Morgan fingerprint density at radius 1 is 1.00 bits per heavy atom. The number of nitrogens with zero attached hydrogens (tertiary/aromatic N) is 4. The van der Waals surface area contributed by atoms with Gasteiger partial charge in [-0.05, 0) is 70.4 Å². The number of benzene rings is 1. The molecule has 0 saturated carbocycles. The lowest BCUT2D eigenvalue weighted by Crippen LogP contribution is -2.39. The second-order valence-corrected chi connectivity index (χ2v) is 9.77. The Balaban J connectivity index is 0.000000260. The normalized spacial score (nSPS) is 13.4. The van der Waals surface area contributed by atoms with Crippen LogP contribution in [0.1, 0.15) is 50.4 Å². The number of aromatic nitrogens is 3. The molecule has 38 heavy (non-hydrogen) atoms. The zero-order valence-corrected chi connectivity index (χ0v) is 22.4. The number of fused-ring (bicyclic) bond motifs is 1. The van der Waals surface area contributed by atoms with Crippen molar-refractivity contribution in [3.8, 4) is 17.0 Å². The van der Waals surface area contributed by atoms with Crippen molar-refractivity contribution in [2.24, 2.45) is 5.73 Å². The number of nitrogens with two attached hydrogens (primary N) is 2. The molecule has 11 heteroatoms. The number of rotatable bonds is 6. The highest BCUT2D eigenvalue weighted by atomic mass is 16.6. The average Bonchev–Trinajstić information content (AvgIpc) is 2.89. The zero-order valence-electron chi connectivity index (χ0n) is 22.4. The van der Waals surface area contributed by atoms with Crippen LogP contribution < -0.4 is 16.2 Å².